The van der Waals surface area contributed by atoms with Crippen molar-refractivity contribution in [2.75, 3.05) is 25.5 Å². The van der Waals surface area contributed by atoms with Crippen LogP contribution < -0.4 is 10.1 Å². The van der Waals surface area contributed by atoms with E-state index in [9.17, 15) is 4.79 Å². The van der Waals surface area contributed by atoms with Gasteiger partial charge in [-0.1, -0.05) is 18.2 Å². The van der Waals surface area contributed by atoms with Crippen molar-refractivity contribution < 1.29 is 9.53 Å². The number of methoxy groups -OCH3 is 1. The lowest BCUT2D eigenvalue weighted by Gasteiger charge is -2.17. The van der Waals surface area contributed by atoms with E-state index in [0.717, 1.165) is 18.5 Å². The molecule has 0 radical (unpaired) electrons. The first kappa shape index (κ1) is 15.7. The molecule has 1 aromatic carbocycles. The van der Waals surface area contributed by atoms with E-state index in [2.05, 4.69) is 31.2 Å². The van der Waals surface area contributed by atoms with Gasteiger partial charge in [0.15, 0.2) is 0 Å². The van der Waals surface area contributed by atoms with Gasteiger partial charge in [-0.15, -0.1) is 0 Å². The highest BCUT2D eigenvalue weighted by Gasteiger charge is 2.27. The molecule has 0 spiro atoms. The Hall–Kier alpha value is -2.15. The molecule has 1 atom stereocenters. The number of nitrogens with zero attached hydrogens (tertiary/aromatic N) is 3. The van der Waals surface area contributed by atoms with Crippen LogP contribution >= 0.6 is 15.9 Å². The fourth-order valence-electron chi connectivity index (χ4n) is 2.57. The molecule has 1 amide bonds. The molecule has 1 aromatic heterocycles. The quantitative estimate of drug-likeness (QED) is 0.887. The minimum absolute atomic E-state index is 0.0594. The number of hydrogen-bond acceptors (Lipinski definition) is 5. The fraction of sp³-hybridized carbons (Fsp3) is 0.312. The number of likely N-dealkylation sites (tertiary alicyclic amines) is 1. The molecule has 1 aliphatic heterocycles. The van der Waals surface area contributed by atoms with Crippen molar-refractivity contribution in [2.24, 2.45) is 0 Å². The molecule has 0 aliphatic carbocycles. The molecule has 0 bridgehead atoms. The third kappa shape index (κ3) is 3.61. The zero-order valence-corrected chi connectivity index (χ0v) is 14.3. The van der Waals surface area contributed by atoms with Crippen molar-refractivity contribution in [1.29, 1.82) is 0 Å². The lowest BCUT2D eigenvalue weighted by atomic mass is 10.2. The largest absolute Gasteiger partial charge is 0.480 e. The smallest absolute Gasteiger partial charge is 0.253 e. The van der Waals surface area contributed by atoms with Crippen molar-refractivity contribution in [3.63, 3.8) is 0 Å². The van der Waals surface area contributed by atoms with E-state index in [0.29, 0.717) is 22.8 Å². The molecule has 1 saturated heterocycles. The number of nitrogens with one attached hydrogen (secondary N) is 1. The van der Waals surface area contributed by atoms with Gasteiger partial charge in [-0.3, -0.25) is 4.79 Å². The van der Waals surface area contributed by atoms with Crippen LogP contribution in [0, 0.1) is 0 Å². The van der Waals surface area contributed by atoms with Crippen molar-refractivity contribution in [2.45, 2.75) is 12.5 Å². The topological polar surface area (TPSA) is 67.3 Å². The highest BCUT2D eigenvalue weighted by Crippen LogP contribution is 2.23. The zero-order chi connectivity index (χ0) is 16.2. The van der Waals surface area contributed by atoms with Crippen molar-refractivity contribution in [1.82, 2.24) is 14.9 Å². The first-order chi connectivity index (χ1) is 11.2. The van der Waals surface area contributed by atoms with Gasteiger partial charge in [-0.2, -0.15) is 4.98 Å². The SMILES string of the molecule is COc1nc(NC2CCN(C(=O)c3ccccc3)C2)ncc1Br. The molecular formula is C16H17BrN4O2. The molecule has 1 N–H and O–H groups in total. The fourth-order valence-corrected chi connectivity index (χ4v) is 2.93. The minimum Gasteiger partial charge on any atom is -0.480 e. The monoisotopic (exact) mass is 376 g/mol. The van der Waals surface area contributed by atoms with Crippen LogP contribution in [0.1, 0.15) is 16.8 Å². The number of halogens is 1. The second-order valence-corrected chi connectivity index (χ2v) is 6.15. The van der Waals surface area contributed by atoms with E-state index in [1.807, 2.05) is 35.2 Å². The van der Waals surface area contributed by atoms with Crippen LogP contribution in [-0.2, 0) is 0 Å². The van der Waals surface area contributed by atoms with Crippen molar-refractivity contribution >= 4 is 27.8 Å². The van der Waals surface area contributed by atoms with E-state index in [1.54, 1.807) is 13.3 Å². The van der Waals surface area contributed by atoms with E-state index in [4.69, 9.17) is 4.74 Å². The molecule has 0 saturated carbocycles. The highest BCUT2D eigenvalue weighted by atomic mass is 79.9. The molecule has 6 nitrogen and oxygen atoms in total. The molecule has 1 aliphatic rings. The lowest BCUT2D eigenvalue weighted by molar-refractivity contribution is 0.0791. The number of benzene rings is 1. The van der Waals surface area contributed by atoms with Gasteiger partial charge in [0.1, 0.15) is 0 Å². The summed E-state index contributed by atoms with van der Waals surface area (Å²) in [7, 11) is 1.56. The first-order valence-corrected chi connectivity index (χ1v) is 8.14. The van der Waals surface area contributed by atoms with E-state index in [-0.39, 0.29) is 11.9 Å². The van der Waals surface area contributed by atoms with E-state index < -0.39 is 0 Å². The predicted molar refractivity (Wildman–Crippen MR) is 90.7 cm³/mol. The number of anilines is 1. The van der Waals surface area contributed by atoms with Gasteiger partial charge >= 0.3 is 0 Å². The Labute approximate surface area is 143 Å². The van der Waals surface area contributed by atoms with E-state index in [1.165, 1.54) is 0 Å². The number of aromatic nitrogens is 2. The maximum atomic E-state index is 12.4. The van der Waals surface area contributed by atoms with Crippen LogP contribution in [0.2, 0.25) is 0 Å². The Kier molecular flexibility index (Phi) is 4.76. The predicted octanol–water partition coefficient (Wildman–Crippen LogP) is 2.57. The second kappa shape index (κ2) is 6.95. The summed E-state index contributed by atoms with van der Waals surface area (Å²) >= 11 is 3.33. The van der Waals surface area contributed by atoms with Crippen LogP contribution in [0.15, 0.2) is 41.0 Å². The maximum absolute atomic E-state index is 12.4. The molecule has 1 unspecified atom stereocenters. The number of hydrogen-bond donors (Lipinski definition) is 1. The van der Waals surface area contributed by atoms with Gasteiger partial charge in [0, 0.05) is 24.7 Å². The van der Waals surface area contributed by atoms with Crippen LogP contribution in [0.25, 0.3) is 0 Å². The highest BCUT2D eigenvalue weighted by molar-refractivity contribution is 9.10. The van der Waals surface area contributed by atoms with Crippen molar-refractivity contribution in [3.8, 4) is 5.88 Å². The summed E-state index contributed by atoms with van der Waals surface area (Å²) in [6.45, 7) is 1.36. The molecule has 2 heterocycles. The average Bonchev–Trinajstić information content (AvgIpc) is 3.05. The summed E-state index contributed by atoms with van der Waals surface area (Å²) in [5.74, 6) is 1.05. The van der Waals surface area contributed by atoms with Gasteiger partial charge in [0.2, 0.25) is 11.8 Å². The van der Waals surface area contributed by atoms with Gasteiger partial charge < -0.3 is 15.0 Å². The van der Waals surface area contributed by atoms with Gasteiger partial charge in [-0.25, -0.2) is 4.98 Å². The summed E-state index contributed by atoms with van der Waals surface area (Å²) in [6, 6.07) is 9.47. The van der Waals surface area contributed by atoms with Gasteiger partial charge in [0.25, 0.3) is 5.91 Å². The Balaban J connectivity index is 1.63. The zero-order valence-electron chi connectivity index (χ0n) is 12.7. The average molecular weight is 377 g/mol. The number of ether oxygens (including phenoxy) is 1. The molecular weight excluding hydrogens is 360 g/mol. The van der Waals surface area contributed by atoms with Gasteiger partial charge in [-0.05, 0) is 34.5 Å². The molecule has 1 fully saturated rings. The Morgan fingerprint density at radius 2 is 2.17 bits per heavy atom. The molecule has 7 heteroatoms. The van der Waals surface area contributed by atoms with Gasteiger partial charge in [0.05, 0.1) is 17.8 Å². The van der Waals surface area contributed by atoms with Crippen molar-refractivity contribution in [3.05, 3.63) is 46.6 Å². The normalized spacial score (nSPS) is 17.1. The number of carbonyl (C=O) groups excluding carboxylic acids is 1. The van der Waals surface area contributed by atoms with Crippen LogP contribution in [-0.4, -0.2) is 47.0 Å². The minimum atomic E-state index is 0.0594. The van der Waals surface area contributed by atoms with E-state index >= 15 is 0 Å². The Bertz CT molecular complexity index is 696. The molecule has 3 rings (SSSR count). The Morgan fingerprint density at radius 3 is 2.91 bits per heavy atom. The third-order valence-corrected chi connectivity index (χ3v) is 4.28. The Morgan fingerprint density at radius 1 is 1.39 bits per heavy atom. The van der Waals surface area contributed by atoms with Crippen LogP contribution in [0.4, 0.5) is 5.95 Å². The lowest BCUT2D eigenvalue weighted by Crippen LogP contribution is -2.31. The van der Waals surface area contributed by atoms with Crippen LogP contribution in [0.5, 0.6) is 5.88 Å². The second-order valence-electron chi connectivity index (χ2n) is 5.30. The van der Waals surface area contributed by atoms with Crippen LogP contribution in [0.3, 0.4) is 0 Å². The third-order valence-electron chi connectivity index (χ3n) is 3.73. The number of carbonyl (C=O) groups is 1. The summed E-state index contributed by atoms with van der Waals surface area (Å²) in [5, 5.41) is 3.26. The number of amides is 1. The molecule has 23 heavy (non-hydrogen) atoms. The summed E-state index contributed by atoms with van der Waals surface area (Å²) in [4.78, 5) is 22.8. The standard InChI is InChI=1S/C16H17BrN4O2/c1-23-14-13(17)9-18-16(20-14)19-12-7-8-21(10-12)15(22)11-5-3-2-4-6-11/h2-6,9,12H,7-8,10H2,1H3,(H,18,19,20). The summed E-state index contributed by atoms with van der Waals surface area (Å²) in [5.41, 5.74) is 0.717. The number of rotatable bonds is 4. The molecule has 120 valence electrons. The molecule has 2 aromatic rings. The summed E-state index contributed by atoms with van der Waals surface area (Å²) in [6.07, 6.45) is 2.51. The maximum Gasteiger partial charge on any atom is 0.253 e. The summed E-state index contributed by atoms with van der Waals surface area (Å²) < 4.78 is 5.87. The first-order valence-electron chi connectivity index (χ1n) is 7.35.